The molecule has 2 aromatic carbocycles. The summed E-state index contributed by atoms with van der Waals surface area (Å²) in [5, 5.41) is 0. The first-order valence-corrected chi connectivity index (χ1v) is 9.91. The molecule has 0 bridgehead atoms. The molecule has 1 nitrogen and oxygen atoms in total. The van der Waals surface area contributed by atoms with Crippen LogP contribution in [-0.4, -0.2) is 24.5 Å². The number of unbranched alkanes of at least 4 members (excludes halogenated alkanes) is 2. The van der Waals surface area contributed by atoms with Crippen molar-refractivity contribution in [1.82, 2.24) is 4.90 Å². The Bertz CT molecular complexity index is 642. The average Bonchev–Trinajstić information content (AvgIpc) is 2.68. The van der Waals surface area contributed by atoms with Crippen molar-refractivity contribution in [3.63, 3.8) is 0 Å². The largest absolute Gasteiger partial charge is 0.303 e. The van der Waals surface area contributed by atoms with Crippen LogP contribution in [-0.2, 0) is 0 Å². The molecule has 1 atom stereocenters. The third-order valence-corrected chi connectivity index (χ3v) is 5.20. The van der Waals surface area contributed by atoms with Crippen LogP contribution in [0.3, 0.4) is 0 Å². The summed E-state index contributed by atoms with van der Waals surface area (Å²) in [6.45, 7) is 6.09. The molecule has 2 aromatic rings. The van der Waals surface area contributed by atoms with E-state index in [4.69, 9.17) is 0 Å². The van der Waals surface area contributed by atoms with Gasteiger partial charge in [0.25, 0.3) is 0 Å². The Kier molecular flexibility index (Phi) is 6.88. The normalized spacial score (nSPS) is 18.7. The van der Waals surface area contributed by atoms with Gasteiger partial charge < -0.3 is 4.90 Å². The molecule has 0 aliphatic carbocycles. The van der Waals surface area contributed by atoms with Gasteiger partial charge in [0.05, 0.1) is 0 Å². The lowest BCUT2D eigenvalue weighted by atomic mass is 9.96. The molecule has 0 radical (unpaired) electrons. The molecule has 1 unspecified atom stereocenters. The molecule has 132 valence electrons. The summed E-state index contributed by atoms with van der Waals surface area (Å²) in [5.41, 5.74) is 3.88. The van der Waals surface area contributed by atoms with E-state index in [0.29, 0.717) is 5.92 Å². The number of hydrogen-bond acceptors (Lipinski definition) is 1. The Balaban J connectivity index is 1.54. The molecule has 1 aliphatic rings. The smallest absolute Gasteiger partial charge is 0.00444 e. The van der Waals surface area contributed by atoms with Gasteiger partial charge >= 0.3 is 0 Å². The molecule has 0 spiro atoms. The Hall–Kier alpha value is -1.86. The summed E-state index contributed by atoms with van der Waals surface area (Å²) in [7, 11) is 0. The molecule has 3 rings (SSSR count). The molecular weight excluding hydrogens is 302 g/mol. The van der Waals surface area contributed by atoms with E-state index < -0.39 is 0 Å². The number of nitrogens with zero attached hydrogens (tertiary/aromatic N) is 1. The van der Waals surface area contributed by atoms with E-state index in [1.54, 1.807) is 0 Å². The predicted molar refractivity (Wildman–Crippen MR) is 110 cm³/mol. The fraction of sp³-hybridized carbons (Fsp3) is 0.417. The SMILES string of the molecule is CCCCCN1CCCC(C=Cc2ccc(-c3ccccc3)cc2)C1. The lowest BCUT2D eigenvalue weighted by Gasteiger charge is -2.31. The van der Waals surface area contributed by atoms with Crippen LogP contribution in [0.4, 0.5) is 0 Å². The molecule has 25 heavy (non-hydrogen) atoms. The summed E-state index contributed by atoms with van der Waals surface area (Å²) in [6.07, 6.45) is 11.5. The van der Waals surface area contributed by atoms with Crippen LogP contribution in [0.2, 0.25) is 0 Å². The van der Waals surface area contributed by atoms with Crippen molar-refractivity contribution in [3.8, 4) is 11.1 Å². The molecule has 1 heterocycles. The second-order valence-electron chi connectivity index (χ2n) is 7.26. The molecule has 1 heteroatoms. The van der Waals surface area contributed by atoms with Crippen LogP contribution in [0.15, 0.2) is 60.7 Å². The van der Waals surface area contributed by atoms with Crippen molar-refractivity contribution in [2.75, 3.05) is 19.6 Å². The molecule has 1 fully saturated rings. The van der Waals surface area contributed by atoms with Gasteiger partial charge in [0.1, 0.15) is 0 Å². The van der Waals surface area contributed by atoms with E-state index in [1.165, 1.54) is 68.4 Å². The van der Waals surface area contributed by atoms with E-state index in [0.717, 1.165) is 0 Å². The van der Waals surface area contributed by atoms with E-state index in [9.17, 15) is 0 Å². The Morgan fingerprint density at radius 3 is 2.48 bits per heavy atom. The van der Waals surface area contributed by atoms with E-state index in [-0.39, 0.29) is 0 Å². The van der Waals surface area contributed by atoms with Gasteiger partial charge in [-0.1, -0.05) is 86.5 Å². The van der Waals surface area contributed by atoms with Crippen LogP contribution in [0.1, 0.15) is 44.6 Å². The highest BCUT2D eigenvalue weighted by molar-refractivity contribution is 5.65. The first-order valence-electron chi connectivity index (χ1n) is 9.91. The summed E-state index contributed by atoms with van der Waals surface area (Å²) in [5.74, 6) is 0.712. The topological polar surface area (TPSA) is 3.24 Å². The van der Waals surface area contributed by atoms with Gasteiger partial charge in [0.15, 0.2) is 0 Å². The quantitative estimate of drug-likeness (QED) is 0.540. The molecule has 0 saturated carbocycles. The molecule has 0 aromatic heterocycles. The third kappa shape index (κ3) is 5.57. The fourth-order valence-electron chi connectivity index (χ4n) is 3.70. The zero-order chi connectivity index (χ0) is 17.3. The van der Waals surface area contributed by atoms with E-state index >= 15 is 0 Å². The molecule has 1 saturated heterocycles. The number of rotatable bonds is 7. The zero-order valence-electron chi connectivity index (χ0n) is 15.5. The first-order chi connectivity index (χ1) is 12.3. The summed E-state index contributed by atoms with van der Waals surface area (Å²) >= 11 is 0. The average molecular weight is 334 g/mol. The van der Waals surface area contributed by atoms with Crippen molar-refractivity contribution in [2.45, 2.75) is 39.0 Å². The highest BCUT2D eigenvalue weighted by Crippen LogP contribution is 2.22. The van der Waals surface area contributed by atoms with Crippen LogP contribution < -0.4 is 0 Å². The zero-order valence-corrected chi connectivity index (χ0v) is 15.5. The van der Waals surface area contributed by atoms with Gasteiger partial charge in [-0.3, -0.25) is 0 Å². The van der Waals surface area contributed by atoms with Crippen LogP contribution in [0.5, 0.6) is 0 Å². The number of likely N-dealkylation sites (tertiary alicyclic amines) is 1. The van der Waals surface area contributed by atoms with Crippen molar-refractivity contribution < 1.29 is 0 Å². The van der Waals surface area contributed by atoms with E-state index in [1.807, 2.05) is 0 Å². The third-order valence-electron chi connectivity index (χ3n) is 5.20. The number of piperidine rings is 1. The summed E-state index contributed by atoms with van der Waals surface area (Å²) in [6, 6.07) is 19.5. The summed E-state index contributed by atoms with van der Waals surface area (Å²) < 4.78 is 0. The standard InChI is InChI=1S/C24H31N/c1-2-3-7-18-25-19-8-9-22(20-25)13-12-21-14-16-24(17-15-21)23-10-5-4-6-11-23/h4-6,10-17,22H,2-3,7-9,18-20H2,1H3. The minimum absolute atomic E-state index is 0.712. The van der Waals surface area contributed by atoms with Gasteiger partial charge in [0, 0.05) is 6.54 Å². The summed E-state index contributed by atoms with van der Waals surface area (Å²) in [4.78, 5) is 2.66. The second-order valence-corrected chi connectivity index (χ2v) is 7.26. The maximum absolute atomic E-state index is 2.66. The second kappa shape index (κ2) is 9.58. The lowest BCUT2D eigenvalue weighted by Crippen LogP contribution is -2.35. The van der Waals surface area contributed by atoms with Crippen LogP contribution in [0.25, 0.3) is 17.2 Å². The van der Waals surface area contributed by atoms with Crippen molar-refractivity contribution >= 4 is 6.08 Å². The number of benzene rings is 2. The molecule has 0 N–H and O–H groups in total. The highest BCUT2D eigenvalue weighted by Gasteiger charge is 2.16. The van der Waals surface area contributed by atoms with Crippen molar-refractivity contribution in [1.29, 1.82) is 0 Å². The monoisotopic (exact) mass is 333 g/mol. The van der Waals surface area contributed by atoms with Gasteiger partial charge in [-0.25, -0.2) is 0 Å². The Morgan fingerprint density at radius 2 is 1.72 bits per heavy atom. The van der Waals surface area contributed by atoms with Gasteiger partial charge in [0.2, 0.25) is 0 Å². The van der Waals surface area contributed by atoms with Crippen LogP contribution >= 0.6 is 0 Å². The minimum atomic E-state index is 0.712. The van der Waals surface area contributed by atoms with Gasteiger partial charge in [-0.15, -0.1) is 0 Å². The molecular formula is C24H31N. The maximum atomic E-state index is 2.66. The molecule has 1 aliphatic heterocycles. The Morgan fingerprint density at radius 1 is 0.960 bits per heavy atom. The first kappa shape index (κ1) is 17.9. The number of hydrogen-bond donors (Lipinski definition) is 0. The lowest BCUT2D eigenvalue weighted by molar-refractivity contribution is 0.194. The fourth-order valence-corrected chi connectivity index (χ4v) is 3.70. The van der Waals surface area contributed by atoms with Gasteiger partial charge in [-0.2, -0.15) is 0 Å². The Labute approximate surface area is 153 Å². The highest BCUT2D eigenvalue weighted by atomic mass is 15.1. The predicted octanol–water partition coefficient (Wildman–Crippen LogP) is 6.27. The van der Waals surface area contributed by atoms with Crippen LogP contribution in [0, 0.1) is 5.92 Å². The minimum Gasteiger partial charge on any atom is -0.303 e. The van der Waals surface area contributed by atoms with Crippen molar-refractivity contribution in [2.24, 2.45) is 5.92 Å². The van der Waals surface area contributed by atoms with Gasteiger partial charge in [-0.05, 0) is 55.0 Å². The van der Waals surface area contributed by atoms with Crippen molar-refractivity contribution in [3.05, 3.63) is 66.2 Å². The molecule has 0 amide bonds. The van der Waals surface area contributed by atoms with E-state index in [2.05, 4.69) is 78.6 Å². The maximum Gasteiger partial charge on any atom is 0.00444 e.